The van der Waals surface area contributed by atoms with Crippen LogP contribution in [0.15, 0.2) is 40.3 Å². The van der Waals surface area contributed by atoms with E-state index in [4.69, 9.17) is 4.63 Å². The molecule has 2 aromatic heterocycles. The number of hydrogen-bond acceptors (Lipinski definition) is 6. The quantitative estimate of drug-likeness (QED) is 0.718. The number of amides is 1. The lowest BCUT2D eigenvalue weighted by Crippen LogP contribution is -2.31. The summed E-state index contributed by atoms with van der Waals surface area (Å²) in [4.78, 5) is 19.3. The number of rotatable bonds is 4. The predicted octanol–water partition coefficient (Wildman–Crippen LogP) is 3.40. The van der Waals surface area contributed by atoms with Crippen molar-refractivity contribution >= 4 is 17.2 Å². The van der Waals surface area contributed by atoms with Crippen LogP contribution in [0.4, 0.5) is 0 Å². The summed E-state index contributed by atoms with van der Waals surface area (Å²) in [5.41, 5.74) is 3.20. The number of carbonyl (C=O) groups excluding carboxylic acids is 1. The maximum absolute atomic E-state index is 12.9. The van der Waals surface area contributed by atoms with Gasteiger partial charge in [-0.3, -0.25) is 4.79 Å². The van der Waals surface area contributed by atoms with Gasteiger partial charge < -0.3 is 4.90 Å². The molecule has 0 saturated carbocycles. The van der Waals surface area contributed by atoms with Crippen molar-refractivity contribution in [3.05, 3.63) is 63.4 Å². The third-order valence-corrected chi connectivity index (χ3v) is 5.33. The largest absolute Gasteiger partial charge is 0.328 e. The lowest BCUT2D eigenvalue weighted by Gasteiger charge is -2.22. The highest BCUT2D eigenvalue weighted by molar-refractivity contribution is 7.09. The van der Waals surface area contributed by atoms with Gasteiger partial charge in [0.15, 0.2) is 0 Å². The first-order valence-corrected chi connectivity index (χ1v) is 9.18. The third kappa shape index (κ3) is 3.19. The minimum Gasteiger partial charge on any atom is -0.328 e. The lowest BCUT2D eigenvalue weighted by molar-refractivity contribution is 0.0725. The molecule has 3 heterocycles. The Morgan fingerprint density at radius 1 is 1.32 bits per heavy atom. The summed E-state index contributed by atoms with van der Waals surface area (Å²) in [7, 11) is 0. The first-order chi connectivity index (χ1) is 12.2. The molecule has 7 heteroatoms. The van der Waals surface area contributed by atoms with Gasteiger partial charge in [0.25, 0.3) is 5.91 Å². The van der Waals surface area contributed by atoms with Crippen molar-refractivity contribution in [3.8, 4) is 0 Å². The maximum atomic E-state index is 12.9. The molecule has 1 amide bonds. The fourth-order valence-corrected chi connectivity index (χ4v) is 4.04. The fraction of sp³-hybridized carbons (Fsp3) is 0.333. The van der Waals surface area contributed by atoms with Gasteiger partial charge in [-0.25, -0.2) is 9.61 Å². The second-order valence-corrected chi connectivity index (χ2v) is 7.12. The monoisotopic (exact) mass is 354 g/mol. The molecule has 0 bridgehead atoms. The molecular formula is C18H18N4O2S. The highest BCUT2D eigenvalue weighted by Crippen LogP contribution is 2.33. The summed E-state index contributed by atoms with van der Waals surface area (Å²) in [5, 5.41) is 10.6. The van der Waals surface area contributed by atoms with Crippen LogP contribution in [-0.4, -0.2) is 32.6 Å². The van der Waals surface area contributed by atoms with Crippen LogP contribution in [0, 0.1) is 6.92 Å². The molecule has 1 fully saturated rings. The normalized spacial score (nSPS) is 17.2. The van der Waals surface area contributed by atoms with E-state index < -0.39 is 0 Å². The molecule has 6 nitrogen and oxygen atoms in total. The van der Waals surface area contributed by atoms with E-state index in [-0.39, 0.29) is 11.9 Å². The van der Waals surface area contributed by atoms with E-state index in [2.05, 4.69) is 27.4 Å². The molecule has 3 aromatic rings. The molecule has 4 rings (SSSR count). The molecule has 128 valence electrons. The zero-order chi connectivity index (χ0) is 17.2. The summed E-state index contributed by atoms with van der Waals surface area (Å²) in [6.07, 6.45) is 2.57. The van der Waals surface area contributed by atoms with Crippen LogP contribution in [0.2, 0.25) is 0 Å². The van der Waals surface area contributed by atoms with E-state index in [1.807, 2.05) is 35.4 Å². The maximum Gasteiger partial charge on any atom is 0.273 e. The van der Waals surface area contributed by atoms with E-state index in [1.54, 1.807) is 0 Å². The lowest BCUT2D eigenvalue weighted by atomic mass is 10.1. The zero-order valence-electron chi connectivity index (χ0n) is 13.9. The Bertz CT molecular complexity index is 874. The van der Waals surface area contributed by atoms with Crippen LogP contribution in [0.3, 0.4) is 0 Å². The van der Waals surface area contributed by atoms with E-state index in [1.165, 1.54) is 16.9 Å². The van der Waals surface area contributed by atoms with Gasteiger partial charge >= 0.3 is 0 Å². The molecule has 1 aromatic carbocycles. The number of thiazole rings is 1. The molecular weight excluding hydrogens is 336 g/mol. The van der Waals surface area contributed by atoms with Crippen molar-refractivity contribution in [3.63, 3.8) is 0 Å². The second kappa shape index (κ2) is 6.76. The van der Waals surface area contributed by atoms with Crippen LogP contribution in [-0.2, 0) is 6.42 Å². The van der Waals surface area contributed by atoms with Crippen molar-refractivity contribution in [2.45, 2.75) is 32.2 Å². The van der Waals surface area contributed by atoms with E-state index in [0.29, 0.717) is 12.2 Å². The van der Waals surface area contributed by atoms with Gasteiger partial charge in [-0.15, -0.1) is 11.3 Å². The average Bonchev–Trinajstić information content (AvgIpc) is 3.35. The molecule has 0 N–H and O–H groups in total. The molecule has 0 aliphatic carbocycles. The number of nitrogens with zero attached hydrogens (tertiary/aromatic N) is 4. The Morgan fingerprint density at radius 3 is 2.92 bits per heavy atom. The molecule has 25 heavy (non-hydrogen) atoms. The van der Waals surface area contributed by atoms with Crippen molar-refractivity contribution < 1.29 is 9.42 Å². The van der Waals surface area contributed by atoms with Crippen LogP contribution in [0.1, 0.15) is 51.3 Å². The van der Waals surface area contributed by atoms with Gasteiger partial charge in [-0.1, -0.05) is 40.6 Å². The van der Waals surface area contributed by atoms with Crippen molar-refractivity contribution in [2.24, 2.45) is 0 Å². The van der Waals surface area contributed by atoms with E-state index in [0.717, 1.165) is 35.7 Å². The highest BCUT2D eigenvalue weighted by Gasteiger charge is 2.34. The minimum absolute atomic E-state index is 0.0412. The van der Waals surface area contributed by atoms with Crippen molar-refractivity contribution in [2.75, 3.05) is 6.54 Å². The predicted molar refractivity (Wildman–Crippen MR) is 93.4 cm³/mol. The van der Waals surface area contributed by atoms with Crippen LogP contribution >= 0.6 is 11.3 Å². The Balaban J connectivity index is 1.52. The van der Waals surface area contributed by atoms with Crippen LogP contribution < -0.4 is 0 Å². The number of carbonyl (C=O) groups is 1. The molecule has 1 saturated heterocycles. The average molecular weight is 354 g/mol. The summed E-state index contributed by atoms with van der Waals surface area (Å²) in [6, 6.07) is 10.1. The zero-order valence-corrected chi connectivity index (χ0v) is 14.7. The van der Waals surface area contributed by atoms with Gasteiger partial charge in [-0.2, -0.15) is 0 Å². The van der Waals surface area contributed by atoms with Gasteiger partial charge in [0.1, 0.15) is 17.1 Å². The molecule has 0 radical (unpaired) electrons. The Kier molecular flexibility index (Phi) is 4.31. The van der Waals surface area contributed by atoms with Gasteiger partial charge in [0.2, 0.25) is 0 Å². The van der Waals surface area contributed by atoms with Crippen LogP contribution in [0.5, 0.6) is 0 Å². The molecule has 0 unspecified atom stereocenters. The Hall–Kier alpha value is -2.54. The minimum atomic E-state index is -0.0713. The SMILES string of the molecule is Cc1nonc1[C@@H]1CCCN1C(=O)c1csc(Cc2ccccc2)n1. The fourth-order valence-electron chi connectivity index (χ4n) is 3.24. The Labute approximate surface area is 149 Å². The van der Waals surface area contributed by atoms with Crippen molar-refractivity contribution in [1.82, 2.24) is 20.2 Å². The highest BCUT2D eigenvalue weighted by atomic mass is 32.1. The number of hydrogen-bond donors (Lipinski definition) is 0. The van der Waals surface area contributed by atoms with Crippen molar-refractivity contribution in [1.29, 1.82) is 0 Å². The third-order valence-electron chi connectivity index (χ3n) is 4.49. The number of aromatic nitrogens is 3. The number of likely N-dealkylation sites (tertiary alicyclic amines) is 1. The van der Waals surface area contributed by atoms with Gasteiger partial charge in [-0.05, 0) is 25.3 Å². The molecule has 1 aliphatic rings. The molecule has 1 aliphatic heterocycles. The smallest absolute Gasteiger partial charge is 0.273 e. The van der Waals surface area contributed by atoms with E-state index in [9.17, 15) is 4.79 Å². The standard InChI is InChI=1S/C18H18N4O2S/c1-12-17(21-24-20-12)15-8-5-9-22(15)18(23)14-11-25-16(19-14)10-13-6-3-2-4-7-13/h2-4,6-7,11,15H,5,8-10H2,1H3/t15-/m0/s1. The van der Waals surface area contributed by atoms with Gasteiger partial charge in [0, 0.05) is 18.3 Å². The summed E-state index contributed by atoms with van der Waals surface area (Å²) < 4.78 is 4.81. The van der Waals surface area contributed by atoms with E-state index >= 15 is 0 Å². The van der Waals surface area contributed by atoms with Crippen LogP contribution in [0.25, 0.3) is 0 Å². The first kappa shape index (κ1) is 16.0. The van der Waals surface area contributed by atoms with Gasteiger partial charge in [0.05, 0.1) is 11.0 Å². The summed E-state index contributed by atoms with van der Waals surface area (Å²) in [6.45, 7) is 2.56. The second-order valence-electron chi connectivity index (χ2n) is 6.18. The topological polar surface area (TPSA) is 72.1 Å². The number of benzene rings is 1. The first-order valence-electron chi connectivity index (χ1n) is 8.30. The number of aryl methyl sites for hydroxylation is 1. The molecule has 1 atom stereocenters. The summed E-state index contributed by atoms with van der Waals surface area (Å²) in [5.74, 6) is -0.0412. The Morgan fingerprint density at radius 2 is 2.16 bits per heavy atom. The summed E-state index contributed by atoms with van der Waals surface area (Å²) >= 11 is 1.53. The molecule has 0 spiro atoms.